The zero-order valence-electron chi connectivity index (χ0n) is 7.90. The molecule has 0 radical (unpaired) electrons. The fourth-order valence-electron chi connectivity index (χ4n) is 0.831. The minimum atomic E-state index is -0.514. The van der Waals surface area contributed by atoms with Crippen LogP contribution in [-0.2, 0) is 9.53 Å². The molecule has 14 heavy (non-hydrogen) atoms. The van der Waals surface area contributed by atoms with E-state index in [1.54, 1.807) is 7.05 Å². The van der Waals surface area contributed by atoms with E-state index in [1.807, 2.05) is 0 Å². The minimum Gasteiger partial charge on any atom is -0.468 e. The first kappa shape index (κ1) is 10.4. The van der Waals surface area contributed by atoms with Crippen molar-refractivity contribution in [2.45, 2.75) is 0 Å². The molecule has 1 aromatic rings. The fourth-order valence-corrected chi connectivity index (χ4v) is 0.831. The number of hydrogen-bond acceptors (Lipinski definition) is 5. The number of hydrogen-bond donors (Lipinski definition) is 0. The number of carbonyl (C=O) groups excluding carboxylic acids is 1. The van der Waals surface area contributed by atoms with Crippen LogP contribution in [0.15, 0.2) is 12.4 Å². The lowest BCUT2D eigenvalue weighted by molar-refractivity contribution is -0.138. The topological polar surface area (TPSA) is 55.3 Å². The van der Waals surface area contributed by atoms with Crippen LogP contribution < -0.4 is 4.90 Å². The van der Waals surface area contributed by atoms with Crippen molar-refractivity contribution in [3.8, 4) is 0 Å². The maximum Gasteiger partial charge on any atom is 0.325 e. The van der Waals surface area contributed by atoms with Gasteiger partial charge in [-0.3, -0.25) is 4.79 Å². The molecule has 0 unspecified atom stereocenters. The molecular formula is C8H10FN3O2. The molecule has 6 heteroatoms. The molecule has 1 heterocycles. The number of rotatable bonds is 3. The lowest BCUT2D eigenvalue weighted by Gasteiger charge is -2.14. The van der Waals surface area contributed by atoms with Gasteiger partial charge < -0.3 is 9.64 Å². The Labute approximate surface area is 80.5 Å². The summed E-state index contributed by atoms with van der Waals surface area (Å²) >= 11 is 0. The smallest absolute Gasteiger partial charge is 0.325 e. The van der Waals surface area contributed by atoms with Crippen molar-refractivity contribution in [2.75, 3.05) is 25.6 Å². The molecule has 0 aliphatic rings. The van der Waals surface area contributed by atoms with Crippen molar-refractivity contribution in [3.05, 3.63) is 18.2 Å². The Hall–Kier alpha value is -1.72. The summed E-state index contributed by atoms with van der Waals surface area (Å²) in [5, 5.41) is 0. The Bertz CT molecular complexity index is 315. The van der Waals surface area contributed by atoms with E-state index < -0.39 is 11.8 Å². The zero-order valence-corrected chi connectivity index (χ0v) is 7.90. The number of aromatic nitrogens is 2. The third kappa shape index (κ3) is 2.65. The number of halogens is 1. The van der Waals surface area contributed by atoms with Crippen molar-refractivity contribution >= 4 is 11.9 Å². The Morgan fingerprint density at radius 2 is 2.14 bits per heavy atom. The molecule has 0 saturated carbocycles. The van der Waals surface area contributed by atoms with Crippen LogP contribution in [0.1, 0.15) is 0 Å². The van der Waals surface area contributed by atoms with Crippen molar-refractivity contribution in [3.63, 3.8) is 0 Å². The first-order valence-corrected chi connectivity index (χ1v) is 3.89. The fraction of sp³-hybridized carbons (Fsp3) is 0.375. The van der Waals surface area contributed by atoms with Crippen LogP contribution in [0.3, 0.4) is 0 Å². The van der Waals surface area contributed by atoms with Gasteiger partial charge in [-0.2, -0.15) is 0 Å². The average Bonchev–Trinajstić information content (AvgIpc) is 2.18. The van der Waals surface area contributed by atoms with E-state index in [2.05, 4.69) is 14.7 Å². The summed E-state index contributed by atoms with van der Waals surface area (Å²) in [6.45, 7) is 0.0299. The lowest BCUT2D eigenvalue weighted by atomic mass is 10.5. The second-order valence-electron chi connectivity index (χ2n) is 2.63. The van der Waals surface area contributed by atoms with Gasteiger partial charge in [0, 0.05) is 7.05 Å². The maximum absolute atomic E-state index is 12.4. The zero-order chi connectivity index (χ0) is 10.6. The predicted molar refractivity (Wildman–Crippen MR) is 47.3 cm³/mol. The number of ether oxygens (including phenoxy) is 1. The summed E-state index contributed by atoms with van der Waals surface area (Å²) in [5.74, 6) is -0.641. The monoisotopic (exact) mass is 199 g/mol. The van der Waals surface area contributed by atoms with E-state index in [1.165, 1.54) is 12.0 Å². The second kappa shape index (κ2) is 4.50. The van der Waals surface area contributed by atoms with Gasteiger partial charge >= 0.3 is 5.97 Å². The number of anilines is 1. The van der Waals surface area contributed by atoms with Crippen LogP contribution in [0.4, 0.5) is 10.3 Å². The van der Waals surface area contributed by atoms with Crippen LogP contribution in [0.5, 0.6) is 0 Å². The van der Waals surface area contributed by atoms with E-state index >= 15 is 0 Å². The van der Waals surface area contributed by atoms with E-state index in [0.29, 0.717) is 0 Å². The standard InChI is InChI=1S/C8H10FN3O2/c1-12(5-7(13)14-2)8-10-3-6(9)4-11-8/h3-4H,5H2,1-2H3. The van der Waals surface area contributed by atoms with Crippen LogP contribution in [0, 0.1) is 5.82 Å². The van der Waals surface area contributed by atoms with Gasteiger partial charge in [0.1, 0.15) is 6.54 Å². The summed E-state index contributed by atoms with van der Waals surface area (Å²) in [4.78, 5) is 19.7. The second-order valence-corrected chi connectivity index (χ2v) is 2.63. The van der Waals surface area contributed by atoms with Gasteiger partial charge in [-0.1, -0.05) is 0 Å². The molecule has 0 aliphatic heterocycles. The van der Waals surface area contributed by atoms with Gasteiger partial charge in [0.2, 0.25) is 5.95 Å². The molecule has 0 aliphatic carbocycles. The number of carbonyl (C=O) groups is 1. The van der Waals surface area contributed by atoms with Crippen molar-refractivity contribution in [2.24, 2.45) is 0 Å². The van der Waals surface area contributed by atoms with Gasteiger partial charge in [-0.15, -0.1) is 0 Å². The Morgan fingerprint density at radius 3 is 2.64 bits per heavy atom. The van der Waals surface area contributed by atoms with Crippen molar-refractivity contribution in [1.29, 1.82) is 0 Å². The van der Waals surface area contributed by atoms with E-state index in [0.717, 1.165) is 12.4 Å². The van der Waals surface area contributed by atoms with Crippen LogP contribution in [0.25, 0.3) is 0 Å². The Balaban J connectivity index is 2.65. The molecule has 0 aromatic carbocycles. The third-order valence-electron chi connectivity index (χ3n) is 1.54. The van der Waals surface area contributed by atoms with Crippen molar-refractivity contribution in [1.82, 2.24) is 9.97 Å². The highest BCUT2D eigenvalue weighted by molar-refractivity contribution is 5.74. The highest BCUT2D eigenvalue weighted by Crippen LogP contribution is 2.03. The summed E-state index contributed by atoms with van der Waals surface area (Å²) in [6, 6.07) is 0. The van der Waals surface area contributed by atoms with Gasteiger partial charge in [-0.25, -0.2) is 14.4 Å². The summed E-state index contributed by atoms with van der Waals surface area (Å²) in [6.07, 6.45) is 2.08. The molecule has 1 aromatic heterocycles. The Kier molecular flexibility index (Phi) is 3.33. The Morgan fingerprint density at radius 1 is 1.57 bits per heavy atom. The third-order valence-corrected chi connectivity index (χ3v) is 1.54. The molecule has 0 bridgehead atoms. The van der Waals surface area contributed by atoms with Crippen LogP contribution in [0.2, 0.25) is 0 Å². The predicted octanol–water partition coefficient (Wildman–Crippen LogP) is 0.225. The molecule has 0 saturated heterocycles. The van der Waals surface area contributed by atoms with E-state index in [4.69, 9.17) is 0 Å². The molecule has 0 fully saturated rings. The first-order valence-electron chi connectivity index (χ1n) is 3.89. The van der Waals surface area contributed by atoms with Gasteiger partial charge in [0.05, 0.1) is 19.5 Å². The van der Waals surface area contributed by atoms with Gasteiger partial charge in [0.15, 0.2) is 5.82 Å². The minimum absolute atomic E-state index is 0.0299. The number of likely N-dealkylation sites (N-methyl/N-ethyl adjacent to an activating group) is 1. The van der Waals surface area contributed by atoms with Crippen LogP contribution >= 0.6 is 0 Å². The van der Waals surface area contributed by atoms with Crippen molar-refractivity contribution < 1.29 is 13.9 Å². The molecule has 0 N–H and O–H groups in total. The maximum atomic E-state index is 12.4. The molecule has 0 spiro atoms. The van der Waals surface area contributed by atoms with E-state index in [-0.39, 0.29) is 12.5 Å². The van der Waals surface area contributed by atoms with Gasteiger partial charge in [0.25, 0.3) is 0 Å². The molecule has 1 rings (SSSR count). The normalized spacial score (nSPS) is 9.64. The summed E-state index contributed by atoms with van der Waals surface area (Å²) < 4.78 is 16.9. The quantitative estimate of drug-likeness (QED) is 0.652. The van der Waals surface area contributed by atoms with Gasteiger partial charge in [-0.05, 0) is 0 Å². The largest absolute Gasteiger partial charge is 0.468 e. The number of methoxy groups -OCH3 is 1. The summed E-state index contributed by atoms with van der Waals surface area (Å²) in [5.41, 5.74) is 0. The van der Waals surface area contributed by atoms with Crippen LogP contribution in [-0.4, -0.2) is 36.6 Å². The number of esters is 1. The molecule has 0 amide bonds. The molecule has 5 nitrogen and oxygen atoms in total. The first-order chi connectivity index (χ1) is 6.63. The SMILES string of the molecule is COC(=O)CN(C)c1ncc(F)cn1. The molecule has 76 valence electrons. The molecular weight excluding hydrogens is 189 g/mol. The highest BCUT2D eigenvalue weighted by Gasteiger charge is 2.09. The number of nitrogens with zero attached hydrogens (tertiary/aromatic N) is 3. The lowest BCUT2D eigenvalue weighted by Crippen LogP contribution is -2.27. The molecule has 0 atom stereocenters. The highest BCUT2D eigenvalue weighted by atomic mass is 19.1. The summed E-state index contributed by atoms with van der Waals surface area (Å²) in [7, 11) is 2.91. The van der Waals surface area contributed by atoms with E-state index in [9.17, 15) is 9.18 Å². The average molecular weight is 199 g/mol.